The Morgan fingerprint density at radius 2 is 1.39 bits per heavy atom. The van der Waals surface area contributed by atoms with Crippen molar-refractivity contribution in [1.29, 1.82) is 0 Å². The van der Waals surface area contributed by atoms with Crippen LogP contribution in [0.2, 0.25) is 0 Å². The summed E-state index contributed by atoms with van der Waals surface area (Å²) in [4.78, 5) is 11.8. The van der Waals surface area contributed by atoms with Crippen molar-refractivity contribution in [3.63, 3.8) is 0 Å². The molecular formula is C19H33NO13. The largest absolute Gasteiger partial charge is 0.388 e. The third kappa shape index (κ3) is 5.63. The van der Waals surface area contributed by atoms with Crippen LogP contribution in [0.3, 0.4) is 0 Å². The van der Waals surface area contributed by atoms with Gasteiger partial charge in [0.05, 0.1) is 24.9 Å². The molecule has 0 aromatic carbocycles. The minimum absolute atomic E-state index is 0.365. The van der Waals surface area contributed by atoms with Crippen LogP contribution in [0.4, 0.5) is 0 Å². The van der Waals surface area contributed by atoms with E-state index in [-0.39, 0.29) is 6.61 Å². The fraction of sp³-hybridized carbons (Fsp3) is 0.947. The summed E-state index contributed by atoms with van der Waals surface area (Å²) < 4.78 is 27.6. The number of nitrogens with one attached hydrogen (secondary N) is 1. The lowest BCUT2D eigenvalue weighted by molar-refractivity contribution is -0.367. The summed E-state index contributed by atoms with van der Waals surface area (Å²) >= 11 is 0. The highest BCUT2D eigenvalue weighted by atomic mass is 16.7. The van der Waals surface area contributed by atoms with Gasteiger partial charge in [-0.15, -0.1) is 0 Å². The van der Waals surface area contributed by atoms with E-state index in [2.05, 4.69) is 5.32 Å². The first-order valence-corrected chi connectivity index (χ1v) is 10.7. The Morgan fingerprint density at radius 3 is 2.03 bits per heavy atom. The van der Waals surface area contributed by atoms with Gasteiger partial charge in [0, 0.05) is 6.92 Å². The van der Waals surface area contributed by atoms with Crippen LogP contribution in [0.5, 0.6) is 0 Å². The van der Waals surface area contributed by atoms with E-state index < -0.39 is 91.9 Å². The Morgan fingerprint density at radius 1 is 0.788 bits per heavy atom. The molecule has 0 aromatic rings. The average Bonchev–Trinajstić information content (AvgIpc) is 2.75. The molecule has 0 aromatic heterocycles. The summed E-state index contributed by atoms with van der Waals surface area (Å²) in [6.07, 6.45) is -18.4. The van der Waals surface area contributed by atoms with Gasteiger partial charge in [0.25, 0.3) is 0 Å². The van der Waals surface area contributed by atoms with Gasteiger partial charge in [0.1, 0.15) is 48.8 Å². The smallest absolute Gasteiger partial charge is 0.217 e. The molecule has 0 aliphatic carbocycles. The van der Waals surface area contributed by atoms with Gasteiger partial charge in [-0.25, -0.2) is 0 Å². The van der Waals surface area contributed by atoms with E-state index >= 15 is 0 Å². The number of amides is 1. The van der Waals surface area contributed by atoms with Crippen LogP contribution in [-0.4, -0.2) is 134 Å². The first kappa shape index (κ1) is 26.6. The molecule has 3 heterocycles. The number of hydrogen-bond acceptors (Lipinski definition) is 13. The van der Waals surface area contributed by atoms with Crippen LogP contribution >= 0.6 is 0 Å². The first-order chi connectivity index (χ1) is 15.4. The maximum Gasteiger partial charge on any atom is 0.217 e. The molecule has 0 saturated carbocycles. The van der Waals surface area contributed by atoms with Crippen LogP contribution in [0, 0.1) is 0 Å². The van der Waals surface area contributed by atoms with Gasteiger partial charge in [-0.2, -0.15) is 0 Å². The van der Waals surface area contributed by atoms with Crippen molar-refractivity contribution >= 4 is 5.91 Å². The van der Waals surface area contributed by atoms with Crippen molar-refractivity contribution in [1.82, 2.24) is 5.32 Å². The highest BCUT2D eigenvalue weighted by Crippen LogP contribution is 2.31. The maximum atomic E-state index is 11.8. The molecule has 14 heteroatoms. The number of carbonyl (C=O) groups excluding carboxylic acids is 1. The Bertz CT molecular complexity index is 670. The van der Waals surface area contributed by atoms with Gasteiger partial charge in [0.2, 0.25) is 5.91 Å². The van der Waals surface area contributed by atoms with Crippen molar-refractivity contribution in [2.45, 2.75) is 107 Å². The van der Waals surface area contributed by atoms with Gasteiger partial charge >= 0.3 is 0 Å². The normalized spacial score (nSPS) is 51.2. The SMILES string of the molecule is CC(=O)N[C@H]1[C@H](O[C@@H]2O[C@H](C)[C@@H](O)[C@H](O)[C@@H]2O)[C@H](O[C@H]2OC[C@H](O)[C@@H](O)[C@@H]2O)[C@@H](O)O[C@@H]1C. The van der Waals surface area contributed by atoms with E-state index in [9.17, 15) is 40.5 Å². The molecule has 3 aliphatic heterocycles. The standard InChI is InChI=1S/C19H33NO13/c1-5-9(20-7(3)21)15(32-19-14(27)12(25)10(23)6(2)31-19)16(17(28)30-5)33-18-13(26)11(24)8(22)4-29-18/h5-6,8-19,22-28H,4H2,1-3H3,(H,20,21)/t5-,6-,8+,9-,10-,11-,12+,13+,14+,15+,16+,17+,18-,19+/m1/s1. The predicted octanol–water partition coefficient (Wildman–Crippen LogP) is -4.73. The van der Waals surface area contributed by atoms with Gasteiger partial charge in [0.15, 0.2) is 18.9 Å². The van der Waals surface area contributed by atoms with Gasteiger partial charge < -0.3 is 64.7 Å². The topological polar surface area (TPSA) is 217 Å². The van der Waals surface area contributed by atoms with Crippen molar-refractivity contribution in [3.05, 3.63) is 0 Å². The molecule has 3 fully saturated rings. The summed E-state index contributed by atoms with van der Waals surface area (Å²) in [6, 6.07) is -0.956. The molecule has 192 valence electrons. The Labute approximate surface area is 189 Å². The molecule has 3 aliphatic rings. The van der Waals surface area contributed by atoms with Gasteiger partial charge in [-0.1, -0.05) is 0 Å². The lowest BCUT2D eigenvalue weighted by Gasteiger charge is -2.48. The van der Waals surface area contributed by atoms with Crippen molar-refractivity contribution in [3.8, 4) is 0 Å². The van der Waals surface area contributed by atoms with Gasteiger partial charge in [-0.05, 0) is 13.8 Å². The Hall–Kier alpha value is -1.01. The molecule has 0 spiro atoms. The second-order valence-corrected chi connectivity index (χ2v) is 8.59. The molecular weight excluding hydrogens is 450 g/mol. The minimum atomic E-state index is -1.69. The van der Waals surface area contributed by atoms with Crippen molar-refractivity contribution < 1.29 is 64.2 Å². The van der Waals surface area contributed by atoms with E-state index in [1.165, 1.54) is 13.8 Å². The zero-order valence-corrected chi connectivity index (χ0v) is 18.4. The second kappa shape index (κ2) is 10.7. The minimum Gasteiger partial charge on any atom is -0.388 e. The molecule has 14 atom stereocenters. The average molecular weight is 483 g/mol. The highest BCUT2D eigenvalue weighted by Gasteiger charge is 2.52. The summed E-state index contributed by atoms with van der Waals surface area (Å²) in [5, 5.41) is 73.3. The molecule has 8 N–H and O–H groups in total. The monoisotopic (exact) mass is 483 g/mol. The van der Waals surface area contributed by atoms with Gasteiger partial charge in [-0.3, -0.25) is 4.79 Å². The number of aliphatic hydroxyl groups is 7. The molecule has 0 radical (unpaired) electrons. The van der Waals surface area contributed by atoms with E-state index in [4.69, 9.17) is 23.7 Å². The molecule has 1 amide bonds. The Kier molecular flexibility index (Phi) is 8.64. The zero-order chi connectivity index (χ0) is 24.6. The number of carbonyl (C=O) groups is 1. The summed E-state index contributed by atoms with van der Waals surface area (Å²) in [5.41, 5.74) is 0. The highest BCUT2D eigenvalue weighted by molar-refractivity contribution is 5.73. The van der Waals surface area contributed by atoms with E-state index in [1.54, 1.807) is 6.92 Å². The molecule has 3 rings (SSSR count). The van der Waals surface area contributed by atoms with E-state index in [1.807, 2.05) is 0 Å². The quantitative estimate of drug-likeness (QED) is 0.184. The third-order valence-electron chi connectivity index (χ3n) is 6.03. The van der Waals surface area contributed by atoms with Crippen LogP contribution in [0.1, 0.15) is 20.8 Å². The zero-order valence-electron chi connectivity index (χ0n) is 18.4. The number of aliphatic hydroxyl groups excluding tert-OH is 7. The molecule has 33 heavy (non-hydrogen) atoms. The third-order valence-corrected chi connectivity index (χ3v) is 6.03. The molecule has 14 nitrogen and oxygen atoms in total. The first-order valence-electron chi connectivity index (χ1n) is 10.7. The number of rotatable bonds is 5. The summed E-state index contributed by atoms with van der Waals surface area (Å²) in [5.74, 6) is -0.472. The Balaban J connectivity index is 1.86. The molecule has 0 unspecified atom stereocenters. The second-order valence-electron chi connectivity index (χ2n) is 8.59. The molecule has 0 bridgehead atoms. The van der Waals surface area contributed by atoms with Crippen LogP contribution in [0.25, 0.3) is 0 Å². The maximum absolute atomic E-state index is 11.8. The molecule has 3 saturated heterocycles. The van der Waals surface area contributed by atoms with E-state index in [0.29, 0.717) is 0 Å². The fourth-order valence-electron chi connectivity index (χ4n) is 4.09. The lowest BCUT2D eigenvalue weighted by Crippen LogP contribution is -2.68. The lowest BCUT2D eigenvalue weighted by atomic mass is 9.95. The van der Waals surface area contributed by atoms with Crippen LogP contribution < -0.4 is 5.32 Å². The van der Waals surface area contributed by atoms with Crippen LogP contribution in [0.15, 0.2) is 0 Å². The number of hydrogen-bond donors (Lipinski definition) is 8. The van der Waals surface area contributed by atoms with Crippen LogP contribution in [-0.2, 0) is 28.5 Å². The van der Waals surface area contributed by atoms with Crippen molar-refractivity contribution in [2.75, 3.05) is 6.61 Å². The summed E-state index contributed by atoms with van der Waals surface area (Å²) in [6.45, 7) is 3.87. The van der Waals surface area contributed by atoms with Crippen molar-refractivity contribution in [2.24, 2.45) is 0 Å². The summed E-state index contributed by atoms with van der Waals surface area (Å²) in [7, 11) is 0. The van der Waals surface area contributed by atoms with E-state index in [0.717, 1.165) is 0 Å². The predicted molar refractivity (Wildman–Crippen MR) is 104 cm³/mol. The fourth-order valence-corrected chi connectivity index (χ4v) is 4.09. The number of ether oxygens (including phenoxy) is 5.